The summed E-state index contributed by atoms with van der Waals surface area (Å²) in [4.78, 5) is 27.7. The molecule has 0 saturated heterocycles. The van der Waals surface area contributed by atoms with Crippen LogP contribution in [0.15, 0.2) is 29.4 Å². The predicted molar refractivity (Wildman–Crippen MR) is 142 cm³/mol. The number of nitrogens with two attached hydrogens (primary N) is 1. The Balaban J connectivity index is 1.87. The lowest BCUT2D eigenvalue weighted by Gasteiger charge is -2.55. The van der Waals surface area contributed by atoms with Crippen LogP contribution in [-0.4, -0.2) is 80.1 Å². The fraction of sp³-hybridized carbons (Fsp3) is 0.586. The third kappa shape index (κ3) is 4.25. The molecule has 0 aromatic heterocycles. The van der Waals surface area contributed by atoms with E-state index >= 15 is 0 Å². The maximum absolute atomic E-state index is 14.0. The lowest BCUT2D eigenvalue weighted by molar-refractivity contribution is -0.163. The van der Waals surface area contributed by atoms with Gasteiger partial charge in [-0.15, -0.1) is 0 Å². The number of aliphatic hydroxyl groups is 4. The number of ketones is 1. The average Bonchev–Trinajstić information content (AvgIpc) is 2.80. The van der Waals surface area contributed by atoms with Crippen molar-refractivity contribution < 1.29 is 35.1 Å². The minimum absolute atomic E-state index is 0.123. The number of phenols is 1. The summed E-state index contributed by atoms with van der Waals surface area (Å²) in [5, 5.41) is 57.0. The number of hydrogen-bond acceptors (Lipinski definition) is 8. The molecule has 3 aliphatic rings. The van der Waals surface area contributed by atoms with Gasteiger partial charge in [0.2, 0.25) is 5.91 Å². The number of aryl methyl sites for hydroxylation is 1. The van der Waals surface area contributed by atoms with Gasteiger partial charge in [-0.2, -0.15) is 0 Å². The molecule has 0 heterocycles. The number of likely N-dealkylation sites (N-methyl/N-ethyl adjacent to an activating group) is 1. The zero-order valence-electron chi connectivity index (χ0n) is 22.9. The molecule has 0 spiro atoms. The van der Waals surface area contributed by atoms with Crippen molar-refractivity contribution in [3.8, 4) is 5.75 Å². The van der Waals surface area contributed by atoms with E-state index in [0.29, 0.717) is 17.5 Å². The molecule has 0 radical (unpaired) electrons. The zero-order valence-corrected chi connectivity index (χ0v) is 22.9. The topological polar surface area (TPSA) is 165 Å². The molecule has 1 aromatic carbocycles. The number of fused-ring (bicyclic) bond motifs is 3. The van der Waals surface area contributed by atoms with Crippen LogP contribution in [0.1, 0.15) is 63.1 Å². The third-order valence-corrected chi connectivity index (χ3v) is 8.64. The Morgan fingerprint density at radius 3 is 2.34 bits per heavy atom. The Kier molecular flexibility index (Phi) is 7.06. The molecule has 1 saturated carbocycles. The Labute approximate surface area is 223 Å². The van der Waals surface area contributed by atoms with Gasteiger partial charge in [-0.25, -0.2) is 0 Å². The highest BCUT2D eigenvalue weighted by atomic mass is 16.3. The van der Waals surface area contributed by atoms with Gasteiger partial charge in [0.15, 0.2) is 11.4 Å². The molecule has 38 heavy (non-hydrogen) atoms. The molecule has 1 unspecified atom stereocenters. The van der Waals surface area contributed by atoms with E-state index in [-0.39, 0.29) is 27.9 Å². The van der Waals surface area contributed by atoms with Crippen LogP contribution >= 0.6 is 0 Å². The first kappa shape index (κ1) is 28.3. The number of benzene rings is 1. The fourth-order valence-corrected chi connectivity index (χ4v) is 6.75. The van der Waals surface area contributed by atoms with Crippen LogP contribution in [0.5, 0.6) is 5.75 Å². The fourth-order valence-electron chi connectivity index (χ4n) is 6.75. The SMILES string of the molecule is C[C@H]1c2ccc(CCCC(C)(C)C)c(O)c2C(O)=C2C(=O)[C@]3(O)C=C(C(N)=O)C(O)[C@@H](N(C)C)[C@@H]3[C@@H](O)[C@@H]21. The van der Waals surface area contributed by atoms with Crippen molar-refractivity contribution in [1.29, 1.82) is 0 Å². The van der Waals surface area contributed by atoms with Gasteiger partial charge in [0.25, 0.3) is 0 Å². The zero-order chi connectivity index (χ0) is 28.5. The molecule has 7 N–H and O–H groups in total. The Morgan fingerprint density at radius 2 is 1.79 bits per heavy atom. The van der Waals surface area contributed by atoms with E-state index in [4.69, 9.17) is 5.73 Å². The monoisotopic (exact) mass is 528 g/mol. The number of hydrogen-bond donors (Lipinski definition) is 6. The quantitative estimate of drug-likeness (QED) is 0.337. The summed E-state index contributed by atoms with van der Waals surface area (Å²) in [5.74, 6) is -5.13. The van der Waals surface area contributed by atoms with Gasteiger partial charge in [-0.3, -0.25) is 9.59 Å². The van der Waals surface area contributed by atoms with Crippen molar-refractivity contribution in [2.75, 3.05) is 14.1 Å². The molecule has 0 bridgehead atoms. The van der Waals surface area contributed by atoms with Gasteiger partial charge in [0.05, 0.1) is 11.7 Å². The summed E-state index contributed by atoms with van der Waals surface area (Å²) in [6.07, 6.45) is 0.433. The molecule has 1 aromatic rings. The molecule has 9 nitrogen and oxygen atoms in total. The van der Waals surface area contributed by atoms with Crippen LogP contribution in [0.25, 0.3) is 5.76 Å². The summed E-state index contributed by atoms with van der Waals surface area (Å²) in [5.41, 5.74) is 3.98. The predicted octanol–water partition coefficient (Wildman–Crippen LogP) is 1.77. The van der Waals surface area contributed by atoms with E-state index < -0.39 is 59.1 Å². The summed E-state index contributed by atoms with van der Waals surface area (Å²) in [6.45, 7) is 8.21. The largest absolute Gasteiger partial charge is 0.507 e. The lowest BCUT2D eigenvalue weighted by atomic mass is 9.54. The molecule has 1 amide bonds. The highest BCUT2D eigenvalue weighted by Crippen LogP contribution is 2.55. The molecule has 0 aliphatic heterocycles. The first-order valence-electron chi connectivity index (χ1n) is 13.1. The van der Waals surface area contributed by atoms with Crippen LogP contribution < -0.4 is 5.73 Å². The van der Waals surface area contributed by atoms with Crippen molar-refractivity contribution in [3.05, 3.63) is 46.0 Å². The molecule has 7 atom stereocenters. The van der Waals surface area contributed by atoms with Crippen molar-refractivity contribution in [1.82, 2.24) is 4.90 Å². The van der Waals surface area contributed by atoms with Crippen LogP contribution in [0, 0.1) is 17.3 Å². The van der Waals surface area contributed by atoms with E-state index in [9.17, 15) is 35.1 Å². The van der Waals surface area contributed by atoms with Crippen LogP contribution in [0.3, 0.4) is 0 Å². The van der Waals surface area contributed by atoms with E-state index in [2.05, 4.69) is 20.8 Å². The average molecular weight is 529 g/mol. The molecule has 4 rings (SSSR count). The number of nitrogens with zero attached hydrogens (tertiary/aromatic N) is 1. The smallest absolute Gasteiger partial charge is 0.247 e. The number of aliphatic hydroxyl groups excluding tert-OH is 3. The number of primary amides is 1. The van der Waals surface area contributed by atoms with Crippen molar-refractivity contribution in [3.63, 3.8) is 0 Å². The molecule has 208 valence electrons. The second kappa shape index (κ2) is 9.48. The van der Waals surface area contributed by atoms with E-state index in [1.807, 2.05) is 6.07 Å². The Hall–Kier alpha value is -2.72. The molecule has 1 fully saturated rings. The normalized spacial score (nSPS) is 33.0. The van der Waals surface area contributed by atoms with Crippen molar-refractivity contribution in [2.45, 2.75) is 76.7 Å². The molecule has 3 aliphatic carbocycles. The minimum atomic E-state index is -2.41. The number of carbonyl (C=O) groups excluding carboxylic acids is 2. The van der Waals surface area contributed by atoms with Crippen LogP contribution in [0.2, 0.25) is 0 Å². The van der Waals surface area contributed by atoms with E-state index in [0.717, 1.165) is 18.9 Å². The van der Waals surface area contributed by atoms with Gasteiger partial charge in [0, 0.05) is 29.0 Å². The summed E-state index contributed by atoms with van der Waals surface area (Å²) in [7, 11) is 3.22. The first-order chi connectivity index (χ1) is 17.5. The van der Waals surface area contributed by atoms with E-state index in [1.165, 1.54) is 0 Å². The number of amides is 1. The minimum Gasteiger partial charge on any atom is -0.507 e. The summed E-state index contributed by atoms with van der Waals surface area (Å²) in [6, 6.07) is 2.61. The number of Topliss-reactive ketones (excluding diaryl/α,β-unsaturated/α-hetero) is 1. The summed E-state index contributed by atoms with van der Waals surface area (Å²) < 4.78 is 0. The van der Waals surface area contributed by atoms with Crippen LogP contribution in [0.4, 0.5) is 0 Å². The lowest BCUT2D eigenvalue weighted by Crippen LogP contribution is -2.69. The second-order valence-electron chi connectivity index (χ2n) is 12.6. The summed E-state index contributed by atoms with van der Waals surface area (Å²) >= 11 is 0. The molecular weight excluding hydrogens is 488 g/mol. The van der Waals surface area contributed by atoms with E-state index in [1.54, 1.807) is 32.0 Å². The standard InChI is InChI=1S/C29H40N2O7/c1-13-15-10-9-14(8-7-11-28(2,3)4)22(32)18(15)24(34)19-17(13)25(35)20-21(31(5)6)23(33)16(27(30)37)12-29(20,38)26(19)36/h9-10,12-13,17,20-21,23,25,32-35,38H,7-8,11H2,1-6H3,(H2,30,37)/t13-,17+,20+,21-,23?,25-,29-/m0/s1. The van der Waals surface area contributed by atoms with Crippen molar-refractivity contribution >= 4 is 17.4 Å². The Bertz CT molecular complexity index is 1230. The first-order valence-corrected chi connectivity index (χ1v) is 13.1. The highest BCUT2D eigenvalue weighted by Gasteiger charge is 2.64. The number of phenolic OH excluding ortho intramolecular Hbond substituents is 1. The van der Waals surface area contributed by atoms with Crippen molar-refractivity contribution in [2.24, 2.45) is 23.0 Å². The highest BCUT2D eigenvalue weighted by molar-refractivity contribution is 6.11. The second-order valence-corrected chi connectivity index (χ2v) is 12.6. The van der Waals surface area contributed by atoms with Gasteiger partial charge < -0.3 is 36.2 Å². The Morgan fingerprint density at radius 1 is 1.16 bits per heavy atom. The van der Waals surface area contributed by atoms with Crippen LogP contribution in [-0.2, 0) is 16.0 Å². The maximum Gasteiger partial charge on any atom is 0.247 e. The van der Waals surface area contributed by atoms with Gasteiger partial charge in [-0.05, 0) is 61.9 Å². The van der Waals surface area contributed by atoms with Gasteiger partial charge in [0.1, 0.15) is 17.6 Å². The van der Waals surface area contributed by atoms with Gasteiger partial charge in [-0.1, -0.05) is 39.8 Å². The maximum atomic E-state index is 14.0. The van der Waals surface area contributed by atoms with Gasteiger partial charge >= 0.3 is 0 Å². The third-order valence-electron chi connectivity index (χ3n) is 8.64. The molecular formula is C29H40N2O7. The number of rotatable bonds is 5. The number of carbonyl (C=O) groups is 2. The molecule has 9 heteroatoms. The number of aromatic hydroxyl groups is 1.